The second kappa shape index (κ2) is 8.79. The summed E-state index contributed by atoms with van der Waals surface area (Å²) in [5.74, 6) is -0.0653. The number of carbonyl (C=O) groups is 3. The molecule has 0 spiro atoms. The van der Waals surface area contributed by atoms with Crippen LogP contribution in [0.25, 0.3) is 0 Å². The van der Waals surface area contributed by atoms with Crippen molar-refractivity contribution >= 4 is 18.2 Å². The minimum absolute atomic E-state index is 0.0281. The summed E-state index contributed by atoms with van der Waals surface area (Å²) in [7, 11) is 0. The summed E-state index contributed by atoms with van der Waals surface area (Å²) in [5.41, 5.74) is 1.12. The molecule has 1 heterocycles. The van der Waals surface area contributed by atoms with E-state index in [4.69, 9.17) is 0 Å². The lowest BCUT2D eigenvalue weighted by Gasteiger charge is -2.31. The summed E-state index contributed by atoms with van der Waals surface area (Å²) in [6.07, 6.45) is 7.32. The molecular formula is C22H31N2O3+. The molecule has 1 aliphatic carbocycles. The minimum atomic E-state index is -0.102. The number of rotatable bonds is 7. The van der Waals surface area contributed by atoms with E-state index in [0.717, 1.165) is 50.5 Å². The van der Waals surface area contributed by atoms with Gasteiger partial charge in [0.05, 0.1) is 13.0 Å². The Hall–Kier alpha value is -2.01. The van der Waals surface area contributed by atoms with Crippen molar-refractivity contribution in [1.82, 2.24) is 4.90 Å². The number of hydrogen-bond donors (Lipinski definition) is 0. The summed E-state index contributed by atoms with van der Waals surface area (Å²) in [6, 6.07) is 10.3. The molecule has 2 aliphatic rings. The van der Waals surface area contributed by atoms with Gasteiger partial charge in [0, 0.05) is 31.8 Å². The molecule has 5 heteroatoms. The molecule has 0 radical (unpaired) electrons. The van der Waals surface area contributed by atoms with Gasteiger partial charge in [-0.15, -0.1) is 0 Å². The van der Waals surface area contributed by atoms with Crippen molar-refractivity contribution in [2.45, 2.75) is 76.9 Å². The van der Waals surface area contributed by atoms with Gasteiger partial charge in [0.15, 0.2) is 0 Å². The van der Waals surface area contributed by atoms with E-state index in [1.54, 1.807) is 0 Å². The van der Waals surface area contributed by atoms with E-state index in [0.29, 0.717) is 13.1 Å². The summed E-state index contributed by atoms with van der Waals surface area (Å²) in [6.45, 7) is 3.14. The van der Waals surface area contributed by atoms with Gasteiger partial charge >= 0.3 is 12.3 Å². The van der Waals surface area contributed by atoms with Gasteiger partial charge in [-0.25, -0.2) is 9.59 Å². The van der Waals surface area contributed by atoms with Crippen LogP contribution in [0.3, 0.4) is 0 Å². The average Bonchev–Trinajstić information content (AvgIpc) is 3.35. The van der Waals surface area contributed by atoms with Gasteiger partial charge in [0.1, 0.15) is 6.04 Å². The molecule has 1 aromatic carbocycles. The van der Waals surface area contributed by atoms with Crippen LogP contribution < -0.4 is 0 Å². The van der Waals surface area contributed by atoms with E-state index >= 15 is 0 Å². The van der Waals surface area contributed by atoms with Crippen molar-refractivity contribution in [3.8, 4) is 0 Å². The predicted molar refractivity (Wildman–Crippen MR) is 103 cm³/mol. The maximum absolute atomic E-state index is 13.0. The second-order valence-electron chi connectivity index (χ2n) is 8.09. The Labute approximate surface area is 161 Å². The third-order valence-corrected chi connectivity index (χ3v) is 6.42. The Balaban J connectivity index is 1.65. The molecule has 3 amide bonds. The fraction of sp³-hybridized carbons (Fsp3) is 0.591. The SMILES string of the molecule is C[C@@H]1CCC[N+]1(C=O)C(=O)CCC(=O)N(Cc1ccccc1)C1CCCC1. The van der Waals surface area contributed by atoms with E-state index in [-0.39, 0.29) is 41.2 Å². The molecule has 27 heavy (non-hydrogen) atoms. The summed E-state index contributed by atoms with van der Waals surface area (Å²) < 4.78 is -0.102. The Bertz CT molecular complexity index is 669. The lowest BCUT2D eigenvalue weighted by Crippen LogP contribution is -2.54. The van der Waals surface area contributed by atoms with Crippen LogP contribution in [0.5, 0.6) is 0 Å². The molecule has 1 saturated carbocycles. The van der Waals surface area contributed by atoms with Gasteiger partial charge in [0.25, 0.3) is 0 Å². The van der Waals surface area contributed by atoms with E-state index < -0.39 is 0 Å². The van der Waals surface area contributed by atoms with Crippen molar-refractivity contribution in [2.24, 2.45) is 0 Å². The van der Waals surface area contributed by atoms with Crippen LogP contribution in [0.4, 0.5) is 0 Å². The number of benzene rings is 1. The molecule has 1 aliphatic heterocycles. The number of quaternary nitrogens is 1. The fourth-order valence-corrected chi connectivity index (χ4v) is 4.67. The Morgan fingerprint density at radius 2 is 1.78 bits per heavy atom. The molecule has 2 atom stereocenters. The zero-order valence-electron chi connectivity index (χ0n) is 16.3. The van der Waals surface area contributed by atoms with Crippen molar-refractivity contribution in [1.29, 1.82) is 0 Å². The molecule has 1 saturated heterocycles. The lowest BCUT2D eigenvalue weighted by atomic mass is 10.1. The van der Waals surface area contributed by atoms with E-state index in [1.807, 2.05) is 42.2 Å². The molecule has 0 aromatic heterocycles. The van der Waals surface area contributed by atoms with Gasteiger partial charge in [-0.05, 0) is 25.3 Å². The molecule has 5 nitrogen and oxygen atoms in total. The van der Waals surface area contributed by atoms with Crippen molar-refractivity contribution < 1.29 is 18.9 Å². The maximum Gasteiger partial charge on any atom is 0.321 e. The Morgan fingerprint density at radius 3 is 2.37 bits per heavy atom. The third-order valence-electron chi connectivity index (χ3n) is 6.42. The van der Waals surface area contributed by atoms with Gasteiger partial charge in [-0.1, -0.05) is 43.2 Å². The number of carbonyl (C=O) groups excluding carboxylic acids is 3. The number of nitrogens with zero attached hydrogens (tertiary/aromatic N) is 2. The number of amides is 3. The first-order valence-electron chi connectivity index (χ1n) is 10.3. The number of imide groups is 1. The topological polar surface area (TPSA) is 54.5 Å². The quantitative estimate of drug-likeness (QED) is 0.545. The predicted octanol–water partition coefficient (Wildman–Crippen LogP) is 3.42. The van der Waals surface area contributed by atoms with Crippen molar-refractivity contribution in [3.05, 3.63) is 35.9 Å². The highest BCUT2D eigenvalue weighted by Gasteiger charge is 2.45. The normalized spacial score (nSPS) is 25.4. The largest absolute Gasteiger partial charge is 0.335 e. The lowest BCUT2D eigenvalue weighted by molar-refractivity contribution is -0.780. The highest BCUT2D eigenvalue weighted by molar-refractivity contribution is 5.83. The monoisotopic (exact) mass is 371 g/mol. The first kappa shape index (κ1) is 19.7. The fourth-order valence-electron chi connectivity index (χ4n) is 4.67. The van der Waals surface area contributed by atoms with Crippen LogP contribution in [-0.2, 0) is 20.9 Å². The van der Waals surface area contributed by atoms with Gasteiger partial charge in [0.2, 0.25) is 5.91 Å². The van der Waals surface area contributed by atoms with E-state index in [1.165, 1.54) is 0 Å². The number of likely N-dealkylation sites (tertiary alicyclic amines) is 1. The van der Waals surface area contributed by atoms with Crippen molar-refractivity contribution in [2.75, 3.05) is 6.54 Å². The molecule has 1 aromatic rings. The second-order valence-corrected chi connectivity index (χ2v) is 8.09. The Kier molecular flexibility index (Phi) is 6.42. The first-order valence-corrected chi connectivity index (χ1v) is 10.3. The smallest absolute Gasteiger partial charge is 0.321 e. The van der Waals surface area contributed by atoms with Crippen LogP contribution in [0.2, 0.25) is 0 Å². The molecule has 0 N–H and O–H groups in total. The van der Waals surface area contributed by atoms with Gasteiger partial charge in [-0.2, -0.15) is 4.48 Å². The highest BCUT2D eigenvalue weighted by atomic mass is 16.2. The van der Waals surface area contributed by atoms with Crippen LogP contribution in [0.1, 0.15) is 63.9 Å². The summed E-state index contributed by atoms with van der Waals surface area (Å²) >= 11 is 0. The van der Waals surface area contributed by atoms with Crippen LogP contribution in [0.15, 0.2) is 30.3 Å². The highest BCUT2D eigenvalue weighted by Crippen LogP contribution is 2.28. The van der Waals surface area contributed by atoms with Gasteiger partial charge in [-0.3, -0.25) is 4.79 Å². The summed E-state index contributed by atoms with van der Waals surface area (Å²) in [5, 5.41) is 0. The van der Waals surface area contributed by atoms with Crippen molar-refractivity contribution in [3.63, 3.8) is 0 Å². The zero-order valence-corrected chi connectivity index (χ0v) is 16.3. The molecule has 3 rings (SSSR count). The number of hydrogen-bond acceptors (Lipinski definition) is 3. The first-order chi connectivity index (χ1) is 13.1. The zero-order chi connectivity index (χ0) is 19.3. The van der Waals surface area contributed by atoms with E-state index in [2.05, 4.69) is 0 Å². The average molecular weight is 372 g/mol. The summed E-state index contributed by atoms with van der Waals surface area (Å²) in [4.78, 5) is 39.4. The third kappa shape index (κ3) is 4.29. The maximum atomic E-state index is 13.0. The minimum Gasteiger partial charge on any atom is -0.335 e. The van der Waals surface area contributed by atoms with Gasteiger partial charge < -0.3 is 4.90 Å². The van der Waals surface area contributed by atoms with Crippen LogP contribution in [-0.4, -0.2) is 46.2 Å². The molecule has 0 bridgehead atoms. The molecule has 1 unspecified atom stereocenters. The van der Waals surface area contributed by atoms with E-state index in [9.17, 15) is 14.4 Å². The standard InChI is InChI=1S/C22H31N2O3/c1-18-8-7-15-24(18,17-25)22(27)14-13-21(26)23(20-11-5-6-12-20)16-19-9-3-2-4-10-19/h2-4,9-10,17-18,20H,5-8,11-16H2,1H3/q+1/t18-,24?/m1/s1. The van der Waals surface area contributed by atoms with Crippen LogP contribution in [0, 0.1) is 0 Å². The molecule has 2 fully saturated rings. The molecule has 146 valence electrons. The Morgan fingerprint density at radius 1 is 1.07 bits per heavy atom. The molecular weight excluding hydrogens is 340 g/mol. The van der Waals surface area contributed by atoms with Crippen LogP contribution >= 0.6 is 0 Å².